The third-order valence-electron chi connectivity index (χ3n) is 2.74. The lowest BCUT2D eigenvalue weighted by molar-refractivity contribution is 0.585. The molecule has 0 saturated heterocycles. The second-order valence-electron chi connectivity index (χ2n) is 4.03. The molecule has 0 amide bonds. The zero-order valence-corrected chi connectivity index (χ0v) is 9.60. The molecule has 88 valence electrons. The van der Waals surface area contributed by atoms with E-state index in [4.69, 9.17) is 0 Å². The minimum atomic E-state index is -0.485. The summed E-state index contributed by atoms with van der Waals surface area (Å²) < 4.78 is 13.0. The van der Waals surface area contributed by atoms with Crippen LogP contribution < -0.4 is 5.32 Å². The van der Waals surface area contributed by atoms with Crippen LogP contribution in [-0.4, -0.2) is 4.98 Å². The molecule has 0 spiro atoms. The number of benzene rings is 2. The van der Waals surface area contributed by atoms with E-state index < -0.39 is 5.95 Å². The first-order chi connectivity index (χ1) is 8.81. The quantitative estimate of drug-likeness (QED) is 0.679. The maximum atomic E-state index is 13.0. The van der Waals surface area contributed by atoms with Crippen molar-refractivity contribution in [1.82, 2.24) is 4.98 Å². The van der Waals surface area contributed by atoms with Crippen molar-refractivity contribution in [3.8, 4) is 0 Å². The van der Waals surface area contributed by atoms with Crippen molar-refractivity contribution < 1.29 is 4.39 Å². The molecule has 0 saturated carbocycles. The molecule has 1 aromatic heterocycles. The Morgan fingerprint density at radius 2 is 1.67 bits per heavy atom. The van der Waals surface area contributed by atoms with Gasteiger partial charge in [0.05, 0.1) is 0 Å². The summed E-state index contributed by atoms with van der Waals surface area (Å²) in [6.07, 6.45) is 0. The molecule has 3 heteroatoms. The van der Waals surface area contributed by atoms with Crippen LogP contribution >= 0.6 is 0 Å². The summed E-state index contributed by atoms with van der Waals surface area (Å²) >= 11 is 0. The van der Waals surface area contributed by atoms with Gasteiger partial charge in [0.15, 0.2) is 0 Å². The van der Waals surface area contributed by atoms with Crippen molar-refractivity contribution in [2.45, 2.75) is 0 Å². The summed E-state index contributed by atoms with van der Waals surface area (Å²) in [5, 5.41) is 5.40. The van der Waals surface area contributed by atoms with Gasteiger partial charge in [0.25, 0.3) is 0 Å². The maximum absolute atomic E-state index is 13.0. The fourth-order valence-corrected chi connectivity index (χ4v) is 1.89. The Hall–Kier alpha value is -2.42. The molecule has 3 rings (SSSR count). The topological polar surface area (TPSA) is 24.9 Å². The van der Waals surface area contributed by atoms with E-state index in [1.54, 1.807) is 12.1 Å². The first-order valence-corrected chi connectivity index (χ1v) is 5.70. The summed E-state index contributed by atoms with van der Waals surface area (Å²) in [7, 11) is 0. The van der Waals surface area contributed by atoms with Crippen molar-refractivity contribution in [3.05, 3.63) is 66.6 Å². The van der Waals surface area contributed by atoms with Crippen LogP contribution in [-0.2, 0) is 0 Å². The highest BCUT2D eigenvalue weighted by atomic mass is 19.1. The molecule has 18 heavy (non-hydrogen) atoms. The van der Waals surface area contributed by atoms with Gasteiger partial charge in [-0.2, -0.15) is 4.39 Å². The largest absolute Gasteiger partial charge is 0.340 e. The number of halogens is 1. The van der Waals surface area contributed by atoms with E-state index in [-0.39, 0.29) is 0 Å². The molecule has 1 N–H and O–H groups in total. The van der Waals surface area contributed by atoms with Gasteiger partial charge in [-0.15, -0.1) is 0 Å². The predicted molar refractivity (Wildman–Crippen MR) is 71.4 cm³/mol. The van der Waals surface area contributed by atoms with Gasteiger partial charge >= 0.3 is 0 Å². The minimum absolute atomic E-state index is 0.485. The van der Waals surface area contributed by atoms with Crippen LogP contribution in [0.15, 0.2) is 60.7 Å². The second-order valence-corrected chi connectivity index (χ2v) is 4.03. The van der Waals surface area contributed by atoms with Crippen molar-refractivity contribution in [2.75, 3.05) is 5.32 Å². The van der Waals surface area contributed by atoms with Crippen molar-refractivity contribution in [3.63, 3.8) is 0 Å². The standard InChI is InChI=1S/C15H11FN2/c16-14-6-3-7-15(18-14)17-13-9-8-11-4-1-2-5-12(11)10-13/h1-10H,(H,17,18). The zero-order chi connectivity index (χ0) is 12.4. The number of hydrogen-bond donors (Lipinski definition) is 1. The van der Waals surface area contributed by atoms with Crippen molar-refractivity contribution in [1.29, 1.82) is 0 Å². The van der Waals surface area contributed by atoms with E-state index in [0.29, 0.717) is 5.82 Å². The Morgan fingerprint density at radius 3 is 2.50 bits per heavy atom. The van der Waals surface area contributed by atoms with Gasteiger partial charge in [-0.25, -0.2) is 4.98 Å². The van der Waals surface area contributed by atoms with Crippen LogP contribution in [0.25, 0.3) is 10.8 Å². The second kappa shape index (κ2) is 4.45. The average molecular weight is 238 g/mol. The molecule has 0 fully saturated rings. The molecule has 3 aromatic rings. The third-order valence-corrected chi connectivity index (χ3v) is 2.74. The van der Waals surface area contributed by atoms with Gasteiger partial charge < -0.3 is 5.32 Å². The lowest BCUT2D eigenvalue weighted by atomic mass is 10.1. The van der Waals surface area contributed by atoms with Crippen LogP contribution in [0.5, 0.6) is 0 Å². The number of rotatable bonds is 2. The first-order valence-electron chi connectivity index (χ1n) is 5.70. The summed E-state index contributed by atoms with van der Waals surface area (Å²) in [4.78, 5) is 3.77. The highest BCUT2D eigenvalue weighted by molar-refractivity contribution is 5.86. The monoisotopic (exact) mass is 238 g/mol. The first kappa shape index (κ1) is 10.7. The lowest BCUT2D eigenvalue weighted by Crippen LogP contribution is -1.94. The molecular weight excluding hydrogens is 227 g/mol. The summed E-state index contributed by atoms with van der Waals surface area (Å²) in [6, 6.07) is 18.8. The van der Waals surface area contributed by atoms with Gasteiger partial charge in [0, 0.05) is 5.69 Å². The Bertz CT molecular complexity index is 695. The highest BCUT2D eigenvalue weighted by Gasteiger charge is 1.99. The molecule has 1 heterocycles. The van der Waals surface area contributed by atoms with Crippen LogP contribution in [0.4, 0.5) is 15.9 Å². The Labute approximate surface area is 104 Å². The molecule has 0 atom stereocenters. The fourth-order valence-electron chi connectivity index (χ4n) is 1.89. The van der Waals surface area contributed by atoms with E-state index in [1.807, 2.05) is 36.4 Å². The number of nitrogens with zero attached hydrogens (tertiary/aromatic N) is 1. The van der Waals surface area contributed by atoms with Crippen molar-refractivity contribution in [2.24, 2.45) is 0 Å². The van der Waals surface area contributed by atoms with Crippen LogP contribution in [0.2, 0.25) is 0 Å². The molecule has 0 radical (unpaired) electrons. The highest BCUT2D eigenvalue weighted by Crippen LogP contribution is 2.21. The molecule has 2 nitrogen and oxygen atoms in total. The number of aromatic nitrogens is 1. The van der Waals surface area contributed by atoms with E-state index in [0.717, 1.165) is 11.1 Å². The number of pyridine rings is 1. The van der Waals surface area contributed by atoms with Gasteiger partial charge in [0.1, 0.15) is 5.82 Å². The molecule has 2 aromatic carbocycles. The minimum Gasteiger partial charge on any atom is -0.340 e. The molecule has 0 aliphatic heterocycles. The van der Waals surface area contributed by atoms with Crippen LogP contribution in [0.1, 0.15) is 0 Å². The van der Waals surface area contributed by atoms with Gasteiger partial charge in [-0.3, -0.25) is 0 Å². The van der Waals surface area contributed by atoms with E-state index in [1.165, 1.54) is 11.5 Å². The normalized spacial score (nSPS) is 10.5. The molecular formula is C15H11FN2. The Balaban J connectivity index is 1.95. The predicted octanol–water partition coefficient (Wildman–Crippen LogP) is 4.12. The van der Waals surface area contributed by atoms with Crippen LogP contribution in [0.3, 0.4) is 0 Å². The Morgan fingerprint density at radius 1 is 0.833 bits per heavy atom. The van der Waals surface area contributed by atoms with Gasteiger partial charge in [-0.05, 0) is 35.0 Å². The number of nitrogens with one attached hydrogen (secondary N) is 1. The SMILES string of the molecule is Fc1cccc(Nc2ccc3ccccc3c2)n1. The van der Waals surface area contributed by atoms with E-state index in [9.17, 15) is 4.39 Å². The van der Waals surface area contributed by atoms with E-state index >= 15 is 0 Å². The van der Waals surface area contributed by atoms with Crippen LogP contribution in [0, 0.1) is 5.95 Å². The smallest absolute Gasteiger partial charge is 0.214 e. The average Bonchev–Trinajstić information content (AvgIpc) is 2.39. The van der Waals surface area contributed by atoms with E-state index in [2.05, 4.69) is 16.4 Å². The molecule has 0 bridgehead atoms. The number of fused-ring (bicyclic) bond motifs is 1. The summed E-state index contributed by atoms with van der Waals surface area (Å²) in [5.74, 6) is 0.0195. The third kappa shape index (κ3) is 2.15. The maximum Gasteiger partial charge on any atom is 0.214 e. The summed E-state index contributed by atoms with van der Waals surface area (Å²) in [5.41, 5.74) is 0.895. The molecule has 0 unspecified atom stereocenters. The zero-order valence-electron chi connectivity index (χ0n) is 9.60. The number of hydrogen-bond acceptors (Lipinski definition) is 2. The fraction of sp³-hybridized carbons (Fsp3) is 0. The van der Waals surface area contributed by atoms with Gasteiger partial charge in [-0.1, -0.05) is 36.4 Å². The van der Waals surface area contributed by atoms with Crippen molar-refractivity contribution >= 4 is 22.3 Å². The lowest BCUT2D eigenvalue weighted by Gasteiger charge is -2.06. The summed E-state index contributed by atoms with van der Waals surface area (Å²) in [6.45, 7) is 0. The molecule has 0 aliphatic rings. The Kier molecular flexibility index (Phi) is 2.65. The number of anilines is 2. The molecule has 0 aliphatic carbocycles. The van der Waals surface area contributed by atoms with Gasteiger partial charge in [0.2, 0.25) is 5.95 Å².